The minimum Gasteiger partial charge on any atom is -0.462 e. The summed E-state index contributed by atoms with van der Waals surface area (Å²) in [4.78, 5) is 23.9. The van der Waals surface area contributed by atoms with E-state index in [4.69, 9.17) is 9.47 Å². The van der Waals surface area contributed by atoms with E-state index in [0.717, 1.165) is 37.0 Å². The van der Waals surface area contributed by atoms with Crippen LogP contribution in [-0.4, -0.2) is 34.9 Å². The summed E-state index contributed by atoms with van der Waals surface area (Å²) < 4.78 is 11.4. The first-order chi connectivity index (χ1) is 16.8. The van der Waals surface area contributed by atoms with E-state index in [0.29, 0.717) is 12.3 Å². The quantitative estimate of drug-likeness (QED) is 0.313. The number of hydrogen-bond acceptors (Lipinski definition) is 5. The summed E-state index contributed by atoms with van der Waals surface area (Å²) in [6.07, 6.45) is 11.6. The second-order valence-corrected chi connectivity index (χ2v) is 13.6. The molecule has 9 atom stereocenters. The summed E-state index contributed by atoms with van der Waals surface area (Å²) >= 11 is 0. The molecule has 0 aromatic rings. The maximum atomic E-state index is 12.3. The van der Waals surface area contributed by atoms with Gasteiger partial charge in [-0.05, 0) is 79.6 Å². The smallest absolute Gasteiger partial charge is 0.303 e. The minimum absolute atomic E-state index is 0.265. The maximum Gasteiger partial charge on any atom is 0.303 e. The lowest BCUT2D eigenvalue weighted by Gasteiger charge is -2.62. The van der Waals surface area contributed by atoms with Crippen LogP contribution in [0.25, 0.3) is 0 Å². The topological polar surface area (TPSA) is 72.8 Å². The molecule has 0 spiro atoms. The molecule has 36 heavy (non-hydrogen) atoms. The third kappa shape index (κ3) is 4.67. The molecule has 0 amide bonds. The SMILES string of the molecule is CC(=O)OC1CCC2(C)C3CCC4(C)C(CCC4C(C)CCCC(C)C)C3=CC(OC(C)=O)C2(O)C1. The highest BCUT2D eigenvalue weighted by Gasteiger charge is 2.66. The molecule has 3 saturated carbocycles. The second-order valence-electron chi connectivity index (χ2n) is 13.6. The highest BCUT2D eigenvalue weighted by Crippen LogP contribution is 2.68. The van der Waals surface area contributed by atoms with Gasteiger partial charge < -0.3 is 14.6 Å². The van der Waals surface area contributed by atoms with Crippen molar-refractivity contribution in [2.24, 2.45) is 40.4 Å². The molecule has 0 aliphatic heterocycles. The fourth-order valence-corrected chi connectivity index (χ4v) is 9.17. The number of carbonyl (C=O) groups is 2. The van der Waals surface area contributed by atoms with Crippen molar-refractivity contribution >= 4 is 11.9 Å². The Kier molecular flexibility index (Phi) is 7.74. The number of aliphatic hydroxyl groups is 1. The number of allylic oxidation sites excluding steroid dienone is 1. The van der Waals surface area contributed by atoms with Crippen LogP contribution in [0.5, 0.6) is 0 Å². The molecular formula is C31H50O5. The number of hydrogen-bond donors (Lipinski definition) is 1. The van der Waals surface area contributed by atoms with Crippen molar-refractivity contribution in [3.05, 3.63) is 11.6 Å². The highest BCUT2D eigenvalue weighted by molar-refractivity contribution is 5.67. The summed E-state index contributed by atoms with van der Waals surface area (Å²) in [5.74, 6) is 2.27. The van der Waals surface area contributed by atoms with Gasteiger partial charge >= 0.3 is 11.9 Å². The lowest BCUT2D eigenvalue weighted by molar-refractivity contribution is -0.225. The van der Waals surface area contributed by atoms with Crippen LogP contribution >= 0.6 is 0 Å². The molecule has 4 aliphatic carbocycles. The lowest BCUT2D eigenvalue weighted by Crippen LogP contribution is -2.66. The van der Waals surface area contributed by atoms with Gasteiger partial charge in [0.05, 0.1) is 0 Å². The number of fused-ring (bicyclic) bond motifs is 5. The third-order valence-corrected chi connectivity index (χ3v) is 11.0. The Labute approximate surface area is 218 Å². The van der Waals surface area contributed by atoms with E-state index in [9.17, 15) is 14.7 Å². The van der Waals surface area contributed by atoms with Gasteiger partial charge in [-0.2, -0.15) is 0 Å². The van der Waals surface area contributed by atoms with Crippen LogP contribution < -0.4 is 0 Å². The summed E-state index contributed by atoms with van der Waals surface area (Å²) in [5, 5.41) is 12.3. The zero-order chi connectivity index (χ0) is 26.5. The van der Waals surface area contributed by atoms with Crippen molar-refractivity contribution in [1.82, 2.24) is 0 Å². The molecule has 5 heteroatoms. The first kappa shape index (κ1) is 27.7. The molecule has 4 rings (SSSR count). The normalized spacial score (nSPS) is 42.6. The monoisotopic (exact) mass is 502 g/mol. The molecule has 0 heterocycles. The summed E-state index contributed by atoms with van der Waals surface area (Å²) in [7, 11) is 0. The number of rotatable bonds is 7. The summed E-state index contributed by atoms with van der Waals surface area (Å²) in [5.41, 5.74) is 0.0585. The van der Waals surface area contributed by atoms with Crippen LogP contribution in [0, 0.1) is 40.4 Å². The van der Waals surface area contributed by atoms with Crippen molar-refractivity contribution in [3.63, 3.8) is 0 Å². The Morgan fingerprint density at radius 3 is 2.31 bits per heavy atom. The standard InChI is InChI=1S/C31H50O5/c1-19(2)9-8-10-20(3)25-11-12-26-24-17-28(36-22(5)33)31(34)18-23(35-21(4)32)13-16-30(31,7)27(24)14-15-29(25,26)6/h17,19-20,23,25-28,34H,8-16,18H2,1-7H3. The van der Waals surface area contributed by atoms with Crippen LogP contribution in [-0.2, 0) is 19.1 Å². The highest BCUT2D eigenvalue weighted by atomic mass is 16.6. The number of carbonyl (C=O) groups excluding carboxylic acids is 2. The Bertz CT molecular complexity index is 878. The van der Waals surface area contributed by atoms with E-state index >= 15 is 0 Å². The average Bonchev–Trinajstić information content (AvgIpc) is 3.12. The Morgan fingerprint density at radius 2 is 1.67 bits per heavy atom. The molecule has 0 radical (unpaired) electrons. The summed E-state index contributed by atoms with van der Waals surface area (Å²) in [6.45, 7) is 14.7. The zero-order valence-corrected chi connectivity index (χ0v) is 23.8. The number of esters is 2. The van der Waals surface area contributed by atoms with E-state index < -0.39 is 17.1 Å². The molecule has 3 fully saturated rings. The van der Waals surface area contributed by atoms with Gasteiger partial charge in [0.2, 0.25) is 0 Å². The van der Waals surface area contributed by atoms with Gasteiger partial charge in [-0.15, -0.1) is 0 Å². The Balaban J connectivity index is 1.64. The molecule has 0 saturated heterocycles. The predicted octanol–water partition coefficient (Wildman–Crippen LogP) is 6.62. The Morgan fingerprint density at radius 1 is 0.972 bits per heavy atom. The van der Waals surface area contributed by atoms with Crippen molar-refractivity contribution < 1.29 is 24.2 Å². The van der Waals surface area contributed by atoms with E-state index in [1.165, 1.54) is 57.9 Å². The predicted molar refractivity (Wildman–Crippen MR) is 141 cm³/mol. The number of ether oxygens (including phenoxy) is 2. The molecule has 204 valence electrons. The van der Waals surface area contributed by atoms with Gasteiger partial charge in [0.1, 0.15) is 17.8 Å². The third-order valence-electron chi connectivity index (χ3n) is 11.0. The first-order valence-electron chi connectivity index (χ1n) is 14.6. The van der Waals surface area contributed by atoms with Gasteiger partial charge in [0.15, 0.2) is 0 Å². The molecule has 9 unspecified atom stereocenters. The first-order valence-corrected chi connectivity index (χ1v) is 14.6. The molecule has 0 aromatic heterocycles. The maximum absolute atomic E-state index is 12.3. The summed E-state index contributed by atoms with van der Waals surface area (Å²) in [6, 6.07) is 0. The van der Waals surface area contributed by atoms with Gasteiger partial charge in [0, 0.05) is 25.7 Å². The fourth-order valence-electron chi connectivity index (χ4n) is 9.17. The molecule has 5 nitrogen and oxygen atoms in total. The average molecular weight is 503 g/mol. The van der Waals surface area contributed by atoms with Crippen LogP contribution in [0.3, 0.4) is 0 Å². The van der Waals surface area contributed by atoms with Crippen molar-refractivity contribution in [3.8, 4) is 0 Å². The zero-order valence-electron chi connectivity index (χ0n) is 23.8. The molecule has 4 aliphatic rings. The second kappa shape index (κ2) is 10.1. The van der Waals surface area contributed by atoms with Gasteiger partial charge in [-0.1, -0.05) is 59.5 Å². The van der Waals surface area contributed by atoms with Crippen LogP contribution in [0.15, 0.2) is 11.6 Å². The van der Waals surface area contributed by atoms with Crippen molar-refractivity contribution in [2.75, 3.05) is 0 Å². The Hall–Kier alpha value is -1.36. The van der Waals surface area contributed by atoms with Crippen molar-refractivity contribution in [1.29, 1.82) is 0 Å². The molecule has 0 bridgehead atoms. The van der Waals surface area contributed by atoms with Crippen LogP contribution in [0.4, 0.5) is 0 Å². The van der Waals surface area contributed by atoms with Crippen molar-refractivity contribution in [2.45, 2.75) is 130 Å². The van der Waals surface area contributed by atoms with Gasteiger partial charge in [-0.3, -0.25) is 9.59 Å². The van der Waals surface area contributed by atoms with Gasteiger partial charge in [0.25, 0.3) is 0 Å². The van der Waals surface area contributed by atoms with E-state index in [1.54, 1.807) is 0 Å². The fraction of sp³-hybridized carbons (Fsp3) is 0.871. The minimum atomic E-state index is -1.24. The van der Waals surface area contributed by atoms with E-state index in [1.807, 2.05) is 0 Å². The molecule has 1 N–H and O–H groups in total. The van der Waals surface area contributed by atoms with E-state index in [-0.39, 0.29) is 29.4 Å². The van der Waals surface area contributed by atoms with E-state index in [2.05, 4.69) is 40.7 Å². The van der Waals surface area contributed by atoms with Gasteiger partial charge in [-0.25, -0.2) is 0 Å². The molecular weight excluding hydrogens is 452 g/mol. The largest absolute Gasteiger partial charge is 0.462 e. The lowest BCUT2D eigenvalue weighted by atomic mass is 9.45. The van der Waals surface area contributed by atoms with Crippen LogP contribution in [0.1, 0.15) is 113 Å². The molecule has 0 aromatic carbocycles. The van der Waals surface area contributed by atoms with Crippen LogP contribution in [0.2, 0.25) is 0 Å².